The van der Waals surface area contributed by atoms with Crippen LogP contribution in [0.1, 0.15) is 5.69 Å². The number of sulfonamides is 1. The van der Waals surface area contributed by atoms with Crippen molar-refractivity contribution in [2.45, 2.75) is 11.3 Å². The number of halogens is 1. The van der Waals surface area contributed by atoms with Crippen LogP contribution in [-0.4, -0.2) is 24.7 Å². The van der Waals surface area contributed by atoms with Gasteiger partial charge in [0.25, 0.3) is 0 Å². The number of nitrogens with zero attached hydrogens (tertiary/aromatic N) is 2. The molecule has 6 nitrogen and oxygen atoms in total. The van der Waals surface area contributed by atoms with E-state index in [1.807, 2.05) is 0 Å². The van der Waals surface area contributed by atoms with Crippen LogP contribution in [0.3, 0.4) is 0 Å². The number of anilines is 1. The van der Waals surface area contributed by atoms with Crippen molar-refractivity contribution in [3.05, 3.63) is 42.0 Å². The third-order valence-electron chi connectivity index (χ3n) is 2.74. The van der Waals surface area contributed by atoms with Crippen LogP contribution in [0.4, 0.5) is 10.1 Å². The predicted molar refractivity (Wildman–Crippen MR) is 72.9 cm³/mol. The van der Waals surface area contributed by atoms with Crippen molar-refractivity contribution in [3.8, 4) is 0 Å². The molecular formula is C12H15FN4O2S. The summed E-state index contributed by atoms with van der Waals surface area (Å²) in [7, 11) is -2.05. The molecule has 1 aromatic carbocycles. The highest BCUT2D eigenvalue weighted by atomic mass is 32.2. The van der Waals surface area contributed by atoms with Gasteiger partial charge in [-0.2, -0.15) is 5.10 Å². The lowest BCUT2D eigenvalue weighted by Gasteiger charge is -2.08. The molecule has 20 heavy (non-hydrogen) atoms. The summed E-state index contributed by atoms with van der Waals surface area (Å²) in [4.78, 5) is -0.251. The quantitative estimate of drug-likeness (QED) is 0.794. The molecule has 0 spiro atoms. The molecule has 3 N–H and O–H groups in total. The van der Waals surface area contributed by atoms with Crippen molar-refractivity contribution < 1.29 is 12.8 Å². The number of nitrogens with one attached hydrogen (secondary N) is 1. The summed E-state index contributed by atoms with van der Waals surface area (Å²) in [5.41, 5.74) is 5.83. The first kappa shape index (κ1) is 14.5. The molecule has 0 amide bonds. The van der Waals surface area contributed by atoms with Crippen molar-refractivity contribution in [2.24, 2.45) is 7.05 Å². The van der Waals surface area contributed by atoms with Gasteiger partial charge in [-0.3, -0.25) is 4.68 Å². The number of nitrogen functional groups attached to an aromatic ring is 1. The summed E-state index contributed by atoms with van der Waals surface area (Å²) in [6.45, 7) is 0.162. The third kappa shape index (κ3) is 3.14. The fraction of sp³-hybridized carbons (Fsp3) is 0.250. The fourth-order valence-electron chi connectivity index (χ4n) is 1.74. The zero-order valence-electron chi connectivity index (χ0n) is 10.9. The molecule has 1 heterocycles. The Labute approximate surface area is 116 Å². The van der Waals surface area contributed by atoms with E-state index in [0.29, 0.717) is 6.42 Å². The number of hydrogen-bond donors (Lipinski definition) is 2. The minimum absolute atomic E-state index is 0.162. The van der Waals surface area contributed by atoms with E-state index in [1.54, 1.807) is 24.0 Å². The number of hydrogen-bond acceptors (Lipinski definition) is 4. The Balaban J connectivity index is 2.06. The highest BCUT2D eigenvalue weighted by Gasteiger charge is 2.18. The average Bonchev–Trinajstić information content (AvgIpc) is 2.78. The lowest BCUT2D eigenvalue weighted by Crippen LogP contribution is -2.27. The maximum absolute atomic E-state index is 13.3. The Kier molecular flexibility index (Phi) is 4.05. The fourth-order valence-corrected chi connectivity index (χ4v) is 2.91. The summed E-state index contributed by atoms with van der Waals surface area (Å²) in [6.07, 6.45) is 2.21. The summed E-state index contributed by atoms with van der Waals surface area (Å²) in [6, 6.07) is 5.48. The monoisotopic (exact) mass is 298 g/mol. The zero-order valence-corrected chi connectivity index (χ0v) is 11.7. The van der Waals surface area contributed by atoms with Crippen LogP contribution in [0, 0.1) is 5.82 Å². The van der Waals surface area contributed by atoms with Crippen LogP contribution < -0.4 is 10.5 Å². The van der Waals surface area contributed by atoms with Gasteiger partial charge in [-0.15, -0.1) is 0 Å². The Morgan fingerprint density at radius 3 is 2.80 bits per heavy atom. The molecule has 0 aliphatic carbocycles. The van der Waals surface area contributed by atoms with E-state index in [-0.39, 0.29) is 17.1 Å². The molecule has 0 aliphatic heterocycles. The van der Waals surface area contributed by atoms with Crippen LogP contribution >= 0.6 is 0 Å². The van der Waals surface area contributed by atoms with Gasteiger partial charge < -0.3 is 5.73 Å². The largest absolute Gasteiger partial charge is 0.395 e. The van der Waals surface area contributed by atoms with Gasteiger partial charge in [0.15, 0.2) is 0 Å². The second-order valence-corrected chi connectivity index (χ2v) is 6.02. The van der Waals surface area contributed by atoms with Crippen molar-refractivity contribution >= 4 is 15.7 Å². The highest BCUT2D eigenvalue weighted by molar-refractivity contribution is 7.89. The maximum Gasteiger partial charge on any atom is 0.242 e. The molecule has 0 saturated carbocycles. The van der Waals surface area contributed by atoms with E-state index in [2.05, 4.69) is 9.82 Å². The molecule has 0 saturated heterocycles. The molecule has 0 unspecified atom stereocenters. The third-order valence-corrected chi connectivity index (χ3v) is 4.26. The molecule has 2 aromatic rings. The molecule has 0 atom stereocenters. The van der Waals surface area contributed by atoms with Crippen LogP contribution in [0.15, 0.2) is 35.4 Å². The van der Waals surface area contributed by atoms with E-state index < -0.39 is 15.8 Å². The van der Waals surface area contributed by atoms with E-state index in [1.165, 1.54) is 12.1 Å². The maximum atomic E-state index is 13.3. The van der Waals surface area contributed by atoms with Gasteiger partial charge in [0.1, 0.15) is 10.7 Å². The lowest BCUT2D eigenvalue weighted by atomic mass is 10.3. The van der Waals surface area contributed by atoms with E-state index in [4.69, 9.17) is 5.73 Å². The van der Waals surface area contributed by atoms with Gasteiger partial charge in [0.2, 0.25) is 10.0 Å². The van der Waals surface area contributed by atoms with Crippen molar-refractivity contribution in [3.63, 3.8) is 0 Å². The summed E-state index contributed by atoms with van der Waals surface area (Å²) >= 11 is 0. The normalized spacial score (nSPS) is 11.7. The minimum atomic E-state index is -3.83. The van der Waals surface area contributed by atoms with Crippen LogP contribution in [-0.2, 0) is 23.5 Å². The van der Waals surface area contributed by atoms with Crippen molar-refractivity contribution in [1.29, 1.82) is 0 Å². The first-order chi connectivity index (χ1) is 9.40. The van der Waals surface area contributed by atoms with E-state index in [0.717, 1.165) is 11.8 Å². The Morgan fingerprint density at radius 2 is 2.15 bits per heavy atom. The molecule has 0 fully saturated rings. The van der Waals surface area contributed by atoms with Gasteiger partial charge in [-0.25, -0.2) is 17.5 Å². The summed E-state index contributed by atoms with van der Waals surface area (Å²) in [5, 5.41) is 4.13. The smallest absolute Gasteiger partial charge is 0.242 e. The van der Waals surface area contributed by atoms with Crippen molar-refractivity contribution in [1.82, 2.24) is 14.5 Å². The number of aryl methyl sites for hydroxylation is 1. The molecule has 8 heteroatoms. The summed E-state index contributed by atoms with van der Waals surface area (Å²) in [5.74, 6) is -0.752. The second-order valence-electron chi connectivity index (χ2n) is 4.28. The average molecular weight is 298 g/mol. The van der Waals surface area contributed by atoms with Gasteiger partial charge in [0, 0.05) is 26.2 Å². The molecule has 0 bridgehead atoms. The number of benzene rings is 1. The molecule has 2 rings (SSSR count). The van der Waals surface area contributed by atoms with Gasteiger partial charge in [0.05, 0.1) is 11.4 Å². The predicted octanol–water partition coefficient (Wildman–Crippen LogP) is 0.662. The van der Waals surface area contributed by atoms with Crippen molar-refractivity contribution in [2.75, 3.05) is 12.3 Å². The van der Waals surface area contributed by atoms with Crippen LogP contribution in [0.25, 0.3) is 0 Å². The lowest BCUT2D eigenvalue weighted by molar-refractivity contribution is 0.578. The van der Waals surface area contributed by atoms with E-state index in [9.17, 15) is 12.8 Å². The molecule has 0 aliphatic rings. The van der Waals surface area contributed by atoms with Crippen LogP contribution in [0.5, 0.6) is 0 Å². The first-order valence-corrected chi connectivity index (χ1v) is 7.40. The number of para-hydroxylation sites is 1. The number of aromatic nitrogens is 2. The van der Waals surface area contributed by atoms with Crippen LogP contribution in [0.2, 0.25) is 0 Å². The SMILES string of the molecule is Cn1ccc(CCNS(=O)(=O)c2cccc(F)c2N)n1. The Hall–Kier alpha value is -1.93. The van der Waals surface area contributed by atoms with Gasteiger partial charge in [-0.1, -0.05) is 6.07 Å². The van der Waals surface area contributed by atoms with Gasteiger partial charge >= 0.3 is 0 Å². The van der Waals surface area contributed by atoms with E-state index >= 15 is 0 Å². The zero-order chi connectivity index (χ0) is 14.8. The van der Waals surface area contributed by atoms with Gasteiger partial charge in [-0.05, 0) is 18.2 Å². The first-order valence-electron chi connectivity index (χ1n) is 5.92. The molecule has 0 radical (unpaired) electrons. The topological polar surface area (TPSA) is 90.0 Å². The number of nitrogens with two attached hydrogens (primary N) is 1. The second kappa shape index (κ2) is 5.59. The number of rotatable bonds is 5. The summed E-state index contributed by atoms with van der Waals surface area (Å²) < 4.78 is 41.3. The Bertz CT molecular complexity index is 712. The molecule has 1 aromatic heterocycles. The molecular weight excluding hydrogens is 283 g/mol. The minimum Gasteiger partial charge on any atom is -0.395 e. The Morgan fingerprint density at radius 1 is 1.40 bits per heavy atom. The standard InChI is InChI=1S/C12H15FN4O2S/c1-17-8-6-9(16-17)5-7-15-20(18,19)11-4-2-3-10(13)12(11)14/h2-4,6,8,15H,5,7,14H2,1H3. The highest BCUT2D eigenvalue weighted by Crippen LogP contribution is 2.20. The molecule has 108 valence electrons.